The number of methoxy groups -OCH3 is 1. The fourth-order valence-corrected chi connectivity index (χ4v) is 3.88. The molecule has 3 rings (SSSR count). The van der Waals surface area contributed by atoms with Crippen LogP contribution >= 0.6 is 11.6 Å². The van der Waals surface area contributed by atoms with E-state index in [1.807, 2.05) is 61.5 Å². The zero-order chi connectivity index (χ0) is 22.1. The molecule has 0 aliphatic carbocycles. The van der Waals surface area contributed by atoms with E-state index >= 15 is 0 Å². The summed E-state index contributed by atoms with van der Waals surface area (Å²) in [7, 11) is 1.66. The molecule has 1 heterocycles. The Morgan fingerprint density at radius 3 is 2.61 bits per heavy atom. The Kier molecular flexibility index (Phi) is 8.95. The number of esters is 1. The molecular formula is C25H29ClO5. The van der Waals surface area contributed by atoms with Crippen LogP contribution in [0.3, 0.4) is 0 Å². The number of hydrogen-bond donors (Lipinski definition) is 0. The first-order valence-electron chi connectivity index (χ1n) is 10.6. The van der Waals surface area contributed by atoms with Gasteiger partial charge in [0, 0.05) is 28.5 Å². The molecule has 2 aromatic rings. The fourth-order valence-electron chi connectivity index (χ4n) is 3.65. The molecule has 1 aliphatic heterocycles. The van der Waals surface area contributed by atoms with Crippen LogP contribution in [0.1, 0.15) is 49.7 Å². The first-order chi connectivity index (χ1) is 15.1. The third-order valence-electron chi connectivity index (χ3n) is 5.19. The van der Waals surface area contributed by atoms with E-state index in [9.17, 15) is 4.79 Å². The molecule has 1 aliphatic rings. The van der Waals surface area contributed by atoms with E-state index in [-0.39, 0.29) is 18.0 Å². The molecule has 0 spiro atoms. The maximum Gasteiger partial charge on any atom is 0.306 e. The number of hydrogen-bond acceptors (Lipinski definition) is 5. The number of carbonyl (C=O) groups is 1. The van der Waals surface area contributed by atoms with Crippen molar-refractivity contribution in [3.63, 3.8) is 0 Å². The van der Waals surface area contributed by atoms with Crippen molar-refractivity contribution in [3.8, 4) is 5.75 Å². The van der Waals surface area contributed by atoms with Crippen molar-refractivity contribution in [1.29, 1.82) is 0 Å². The molecule has 0 aromatic heterocycles. The van der Waals surface area contributed by atoms with E-state index in [0.717, 1.165) is 23.3 Å². The van der Waals surface area contributed by atoms with E-state index in [1.165, 1.54) is 0 Å². The molecule has 5 nitrogen and oxygen atoms in total. The molecule has 0 bridgehead atoms. The van der Waals surface area contributed by atoms with E-state index in [1.54, 1.807) is 7.11 Å². The van der Waals surface area contributed by atoms with Crippen LogP contribution in [0.2, 0.25) is 5.02 Å². The largest absolute Gasteiger partial charge is 0.496 e. The average molecular weight is 445 g/mol. The van der Waals surface area contributed by atoms with E-state index in [2.05, 4.69) is 6.08 Å². The van der Waals surface area contributed by atoms with Crippen molar-refractivity contribution in [2.45, 2.75) is 38.6 Å². The van der Waals surface area contributed by atoms with Crippen LogP contribution in [0.4, 0.5) is 0 Å². The van der Waals surface area contributed by atoms with Gasteiger partial charge in [0.15, 0.2) is 6.29 Å². The minimum atomic E-state index is -0.548. The van der Waals surface area contributed by atoms with Gasteiger partial charge in [0.05, 0.1) is 26.4 Å². The Morgan fingerprint density at radius 2 is 1.87 bits per heavy atom. The molecule has 0 saturated carbocycles. The van der Waals surface area contributed by atoms with E-state index in [0.29, 0.717) is 31.1 Å². The first-order valence-corrected chi connectivity index (χ1v) is 11.0. The van der Waals surface area contributed by atoms with Gasteiger partial charge in [0.2, 0.25) is 0 Å². The number of para-hydroxylation sites is 1. The van der Waals surface area contributed by atoms with Gasteiger partial charge >= 0.3 is 5.97 Å². The Balaban J connectivity index is 1.74. The van der Waals surface area contributed by atoms with Gasteiger partial charge in [-0.1, -0.05) is 60.2 Å². The number of benzene rings is 2. The molecule has 1 fully saturated rings. The minimum Gasteiger partial charge on any atom is -0.496 e. The summed E-state index contributed by atoms with van der Waals surface area (Å²) in [6.07, 6.45) is 5.10. The lowest BCUT2D eigenvalue weighted by molar-refractivity contribution is -0.244. The smallest absolute Gasteiger partial charge is 0.306 e. The summed E-state index contributed by atoms with van der Waals surface area (Å²) in [4.78, 5) is 11.5. The van der Waals surface area contributed by atoms with Gasteiger partial charge in [-0.3, -0.25) is 4.79 Å². The van der Waals surface area contributed by atoms with Gasteiger partial charge in [0.1, 0.15) is 5.75 Å². The van der Waals surface area contributed by atoms with Gasteiger partial charge in [0.25, 0.3) is 0 Å². The summed E-state index contributed by atoms with van der Waals surface area (Å²) in [6, 6.07) is 15.4. The van der Waals surface area contributed by atoms with Gasteiger partial charge in [-0.25, -0.2) is 0 Å². The SMILES string of the molecule is CCOC(=O)CC/C=C\C[C@@H]1COC(c2ccccc2Cl)O[C@@H]1c1ccccc1OC. The van der Waals surface area contributed by atoms with Crippen molar-refractivity contribution in [2.24, 2.45) is 5.92 Å². The summed E-state index contributed by atoms with van der Waals surface area (Å²) in [6.45, 7) is 2.73. The lowest BCUT2D eigenvalue weighted by Crippen LogP contribution is -2.30. The highest BCUT2D eigenvalue weighted by atomic mass is 35.5. The second-order valence-electron chi connectivity index (χ2n) is 7.30. The predicted octanol–water partition coefficient (Wildman–Crippen LogP) is 6.04. The number of allylic oxidation sites excluding steroid dienone is 2. The van der Waals surface area contributed by atoms with Crippen LogP contribution in [-0.4, -0.2) is 26.3 Å². The Hall–Kier alpha value is -2.34. The Morgan fingerprint density at radius 1 is 1.13 bits per heavy atom. The maximum absolute atomic E-state index is 11.5. The van der Waals surface area contributed by atoms with Crippen LogP contribution in [0.25, 0.3) is 0 Å². The minimum absolute atomic E-state index is 0.0916. The molecule has 31 heavy (non-hydrogen) atoms. The van der Waals surface area contributed by atoms with Crippen LogP contribution in [0.15, 0.2) is 60.7 Å². The second-order valence-corrected chi connectivity index (χ2v) is 7.70. The summed E-state index contributed by atoms with van der Waals surface area (Å²) in [5.74, 6) is 0.698. The van der Waals surface area contributed by atoms with Gasteiger partial charge in [-0.05, 0) is 31.9 Å². The summed E-state index contributed by atoms with van der Waals surface area (Å²) < 4.78 is 23.0. The summed E-state index contributed by atoms with van der Waals surface area (Å²) in [5.41, 5.74) is 1.79. The summed E-state index contributed by atoms with van der Waals surface area (Å²) in [5, 5.41) is 0.614. The zero-order valence-electron chi connectivity index (χ0n) is 18.0. The van der Waals surface area contributed by atoms with Crippen molar-refractivity contribution in [1.82, 2.24) is 0 Å². The van der Waals surface area contributed by atoms with Crippen LogP contribution in [0.5, 0.6) is 5.75 Å². The molecule has 0 radical (unpaired) electrons. The molecule has 0 N–H and O–H groups in total. The lowest BCUT2D eigenvalue weighted by atomic mass is 9.91. The number of ether oxygens (including phenoxy) is 4. The third kappa shape index (κ3) is 6.33. The molecule has 2 aromatic carbocycles. The molecule has 0 amide bonds. The highest BCUT2D eigenvalue weighted by molar-refractivity contribution is 6.31. The monoisotopic (exact) mass is 444 g/mol. The average Bonchev–Trinajstić information content (AvgIpc) is 2.79. The van der Waals surface area contributed by atoms with E-state index in [4.69, 9.17) is 30.5 Å². The Bertz CT molecular complexity index is 882. The van der Waals surface area contributed by atoms with Crippen molar-refractivity contribution in [3.05, 3.63) is 76.8 Å². The molecule has 3 atom stereocenters. The molecule has 166 valence electrons. The molecule has 1 saturated heterocycles. The molecular weight excluding hydrogens is 416 g/mol. The highest BCUT2D eigenvalue weighted by Crippen LogP contribution is 2.43. The molecule has 1 unspecified atom stereocenters. The van der Waals surface area contributed by atoms with Crippen molar-refractivity contribution in [2.75, 3.05) is 20.3 Å². The van der Waals surface area contributed by atoms with Crippen molar-refractivity contribution < 1.29 is 23.7 Å². The van der Waals surface area contributed by atoms with Crippen LogP contribution in [0, 0.1) is 5.92 Å². The van der Waals surface area contributed by atoms with Crippen molar-refractivity contribution >= 4 is 17.6 Å². The quantitative estimate of drug-likeness (QED) is 0.348. The fraction of sp³-hybridized carbons (Fsp3) is 0.400. The summed E-state index contributed by atoms with van der Waals surface area (Å²) >= 11 is 6.38. The maximum atomic E-state index is 11.5. The second kappa shape index (κ2) is 11.9. The highest BCUT2D eigenvalue weighted by Gasteiger charge is 2.35. The molecule has 6 heteroatoms. The standard InChI is InChI=1S/C25H29ClO5/c1-3-29-23(27)16-6-4-5-11-18-17-30-25(19-12-7-9-14-21(19)26)31-24(18)20-13-8-10-15-22(20)28-2/h4-5,7-10,12-15,18,24-25H,3,6,11,16-17H2,1-2H3/b5-4-/t18-,24+,25?/m1/s1. The third-order valence-corrected chi connectivity index (χ3v) is 5.53. The number of rotatable bonds is 9. The van der Waals surface area contributed by atoms with E-state index < -0.39 is 6.29 Å². The zero-order valence-corrected chi connectivity index (χ0v) is 18.7. The normalized spacial score (nSPS) is 21.2. The Labute approximate surface area is 188 Å². The first kappa shape index (κ1) is 23.3. The van der Waals surface area contributed by atoms with Gasteiger partial charge < -0.3 is 18.9 Å². The number of carbonyl (C=O) groups excluding carboxylic acids is 1. The van der Waals surface area contributed by atoms with Crippen LogP contribution in [-0.2, 0) is 19.0 Å². The number of halogens is 1. The topological polar surface area (TPSA) is 54.0 Å². The van der Waals surface area contributed by atoms with Crippen LogP contribution < -0.4 is 4.74 Å². The predicted molar refractivity (Wildman–Crippen MR) is 120 cm³/mol. The van der Waals surface area contributed by atoms with Gasteiger partial charge in [-0.2, -0.15) is 0 Å². The van der Waals surface area contributed by atoms with Gasteiger partial charge in [-0.15, -0.1) is 0 Å². The lowest BCUT2D eigenvalue weighted by Gasteiger charge is -2.37.